The van der Waals surface area contributed by atoms with Gasteiger partial charge < -0.3 is 19.3 Å². The van der Waals surface area contributed by atoms with E-state index >= 15 is 0 Å². The molecule has 0 bridgehead atoms. The van der Waals surface area contributed by atoms with Gasteiger partial charge in [-0.2, -0.15) is 0 Å². The molecule has 3 fully saturated rings. The van der Waals surface area contributed by atoms with Gasteiger partial charge in [-0.25, -0.2) is 9.59 Å². The third kappa shape index (κ3) is 3.23. The van der Waals surface area contributed by atoms with Crippen molar-refractivity contribution in [2.24, 2.45) is 5.92 Å². The first-order valence-corrected chi connectivity index (χ1v) is 8.95. The molecule has 0 aromatic heterocycles. The first-order chi connectivity index (χ1) is 12.2. The first kappa shape index (κ1) is 18.9. The lowest BCUT2D eigenvalue weighted by Crippen LogP contribution is -2.43. The van der Waals surface area contributed by atoms with Gasteiger partial charge in [0.15, 0.2) is 0 Å². The van der Waals surface area contributed by atoms with E-state index in [1.165, 1.54) is 0 Å². The minimum absolute atomic E-state index is 0.0123. The highest BCUT2D eigenvalue weighted by molar-refractivity contribution is 5.91. The van der Waals surface area contributed by atoms with Crippen LogP contribution in [0.4, 0.5) is 0 Å². The number of ether oxygens (including phenoxy) is 3. The highest BCUT2D eigenvalue weighted by Gasteiger charge is 2.58. The number of carbonyl (C=O) groups is 2. The average molecular weight is 362 g/mol. The van der Waals surface area contributed by atoms with Crippen molar-refractivity contribution in [3.63, 3.8) is 0 Å². The van der Waals surface area contributed by atoms with E-state index in [9.17, 15) is 14.7 Å². The third-order valence-corrected chi connectivity index (χ3v) is 5.77. The van der Waals surface area contributed by atoms with Crippen LogP contribution in [0.5, 0.6) is 0 Å². The smallest absolute Gasteiger partial charge is 0.334 e. The second-order valence-corrected chi connectivity index (χ2v) is 7.60. The molecule has 0 aromatic carbocycles. The zero-order valence-corrected chi connectivity index (χ0v) is 15.5. The van der Waals surface area contributed by atoms with Crippen LogP contribution in [0, 0.1) is 5.92 Å². The molecule has 0 amide bonds. The summed E-state index contributed by atoms with van der Waals surface area (Å²) >= 11 is 0. The lowest BCUT2D eigenvalue weighted by atomic mass is 9.79. The maximum Gasteiger partial charge on any atom is 0.334 e. The molecule has 0 unspecified atom stereocenters. The minimum Gasteiger partial charge on any atom is -0.458 e. The molecule has 142 valence electrons. The number of epoxide rings is 1. The van der Waals surface area contributed by atoms with Crippen molar-refractivity contribution in [1.82, 2.24) is 0 Å². The minimum atomic E-state index is -1.03. The Hall–Kier alpha value is -1.92. The average Bonchev–Trinajstić information content (AvgIpc) is 3.15. The van der Waals surface area contributed by atoms with Crippen LogP contribution in [0.25, 0.3) is 0 Å². The predicted molar refractivity (Wildman–Crippen MR) is 94.1 cm³/mol. The van der Waals surface area contributed by atoms with Crippen molar-refractivity contribution in [2.45, 2.75) is 70.1 Å². The maximum absolute atomic E-state index is 12.4. The summed E-state index contributed by atoms with van der Waals surface area (Å²) in [5, 5.41) is 10.7. The Bertz CT molecular complexity index is 692. The largest absolute Gasteiger partial charge is 0.458 e. The van der Waals surface area contributed by atoms with Gasteiger partial charge in [0.05, 0.1) is 17.6 Å². The van der Waals surface area contributed by atoms with E-state index in [4.69, 9.17) is 14.2 Å². The van der Waals surface area contributed by atoms with Crippen molar-refractivity contribution >= 4 is 11.9 Å². The Kier molecular flexibility index (Phi) is 4.84. The molecule has 0 spiro atoms. The molecular formula is C20H26O6. The van der Waals surface area contributed by atoms with Gasteiger partial charge >= 0.3 is 11.9 Å². The van der Waals surface area contributed by atoms with E-state index in [-0.39, 0.29) is 11.7 Å². The van der Waals surface area contributed by atoms with E-state index in [0.29, 0.717) is 30.4 Å². The summed E-state index contributed by atoms with van der Waals surface area (Å²) in [6.45, 7) is 13.2. The van der Waals surface area contributed by atoms with E-state index in [0.717, 1.165) is 0 Å². The predicted octanol–water partition coefficient (Wildman–Crippen LogP) is 2.22. The second-order valence-electron chi connectivity index (χ2n) is 7.60. The van der Waals surface area contributed by atoms with E-state index in [1.54, 1.807) is 19.9 Å². The molecule has 3 aliphatic rings. The van der Waals surface area contributed by atoms with Crippen LogP contribution in [0.2, 0.25) is 0 Å². The fourth-order valence-corrected chi connectivity index (χ4v) is 3.82. The number of rotatable bonds is 2. The van der Waals surface area contributed by atoms with Gasteiger partial charge in [-0.1, -0.05) is 19.2 Å². The summed E-state index contributed by atoms with van der Waals surface area (Å²) < 4.78 is 17.0. The molecule has 26 heavy (non-hydrogen) atoms. The second kappa shape index (κ2) is 6.67. The molecule has 0 radical (unpaired) electrons. The molecule has 1 saturated carbocycles. The van der Waals surface area contributed by atoms with Crippen LogP contribution in [0.1, 0.15) is 40.0 Å². The Morgan fingerprint density at radius 2 is 2.12 bits per heavy atom. The fourth-order valence-electron chi connectivity index (χ4n) is 3.82. The Balaban J connectivity index is 1.96. The topological polar surface area (TPSA) is 85.4 Å². The normalized spacial score (nSPS) is 40.4. The lowest BCUT2D eigenvalue weighted by Gasteiger charge is -2.32. The zero-order chi connectivity index (χ0) is 19.2. The number of aliphatic hydroxyl groups is 1. The SMILES string of the molecule is C=C1C(=O)O[C@@H]2[C@H]1[C@@H](OC(=O)/C(C)=C\C)C[C@]1(C)O[C@@H]1CCC(=C)[C@@H]2O. The van der Waals surface area contributed by atoms with Crippen molar-refractivity contribution < 1.29 is 28.9 Å². The monoisotopic (exact) mass is 362 g/mol. The fraction of sp³-hybridized carbons (Fsp3) is 0.600. The van der Waals surface area contributed by atoms with Crippen molar-refractivity contribution in [3.05, 3.63) is 36.0 Å². The molecule has 2 heterocycles. The molecule has 2 saturated heterocycles. The van der Waals surface area contributed by atoms with Gasteiger partial charge in [-0.05, 0) is 39.2 Å². The summed E-state index contributed by atoms with van der Waals surface area (Å²) in [5.41, 5.74) is 0.822. The van der Waals surface area contributed by atoms with Gasteiger partial charge in [0.2, 0.25) is 0 Å². The molecule has 1 N–H and O–H groups in total. The highest BCUT2D eigenvalue weighted by atomic mass is 16.6. The number of fused-ring (bicyclic) bond motifs is 2. The Morgan fingerprint density at radius 3 is 2.77 bits per heavy atom. The number of aliphatic hydroxyl groups excluding tert-OH is 1. The molecule has 2 aliphatic heterocycles. The van der Waals surface area contributed by atoms with Crippen LogP contribution in [0.3, 0.4) is 0 Å². The van der Waals surface area contributed by atoms with Crippen molar-refractivity contribution in [3.8, 4) is 0 Å². The van der Waals surface area contributed by atoms with E-state index in [1.807, 2.05) is 6.92 Å². The lowest BCUT2D eigenvalue weighted by molar-refractivity contribution is -0.151. The van der Waals surface area contributed by atoms with Gasteiger partial charge in [-0.15, -0.1) is 0 Å². The van der Waals surface area contributed by atoms with Crippen LogP contribution < -0.4 is 0 Å². The highest BCUT2D eigenvalue weighted by Crippen LogP contribution is 2.48. The van der Waals surface area contributed by atoms with E-state index < -0.39 is 41.8 Å². The molecule has 1 aliphatic carbocycles. The Morgan fingerprint density at radius 1 is 1.42 bits per heavy atom. The zero-order valence-electron chi connectivity index (χ0n) is 15.5. The number of hydrogen-bond acceptors (Lipinski definition) is 6. The van der Waals surface area contributed by atoms with Crippen LogP contribution >= 0.6 is 0 Å². The molecule has 6 nitrogen and oxygen atoms in total. The molecule has 6 atom stereocenters. The Labute approximate surface area is 153 Å². The molecule has 0 aromatic rings. The summed E-state index contributed by atoms with van der Waals surface area (Å²) in [6, 6.07) is 0. The standard InChI is InChI=1S/C20H26O6/c1-6-10(2)18(22)24-13-9-20(5)14(26-20)8-7-11(3)16(21)17-15(13)12(4)19(23)25-17/h6,13-17,21H,3-4,7-9H2,1-2,5H3/b10-6-/t13-,14+,15+,16-,17+,20-/m0/s1. The quantitative estimate of drug-likeness (QED) is 0.351. The summed E-state index contributed by atoms with van der Waals surface area (Å²) in [4.78, 5) is 24.5. The van der Waals surface area contributed by atoms with Gasteiger partial charge in [-0.3, -0.25) is 0 Å². The summed E-state index contributed by atoms with van der Waals surface area (Å²) in [7, 11) is 0. The van der Waals surface area contributed by atoms with Gasteiger partial charge in [0.1, 0.15) is 18.3 Å². The maximum atomic E-state index is 12.4. The van der Waals surface area contributed by atoms with Crippen molar-refractivity contribution in [2.75, 3.05) is 0 Å². The third-order valence-electron chi connectivity index (χ3n) is 5.77. The molecule has 3 rings (SSSR count). The van der Waals surface area contributed by atoms with E-state index in [2.05, 4.69) is 13.2 Å². The number of carbonyl (C=O) groups excluding carboxylic acids is 2. The van der Waals surface area contributed by atoms with Gasteiger partial charge in [0, 0.05) is 17.6 Å². The molecule has 6 heteroatoms. The van der Waals surface area contributed by atoms with Gasteiger partial charge in [0.25, 0.3) is 0 Å². The number of hydrogen-bond donors (Lipinski definition) is 1. The summed E-state index contributed by atoms with van der Waals surface area (Å²) in [5.74, 6) is -1.68. The number of esters is 2. The number of allylic oxidation sites excluding steroid dienone is 1. The van der Waals surface area contributed by atoms with Crippen LogP contribution in [0.15, 0.2) is 36.0 Å². The van der Waals surface area contributed by atoms with Crippen LogP contribution in [-0.2, 0) is 23.8 Å². The molecular weight excluding hydrogens is 336 g/mol. The summed E-state index contributed by atoms with van der Waals surface area (Å²) in [6.07, 6.45) is 0.816. The van der Waals surface area contributed by atoms with Crippen molar-refractivity contribution in [1.29, 1.82) is 0 Å². The van der Waals surface area contributed by atoms with Crippen LogP contribution in [-0.4, -0.2) is 47.1 Å². The first-order valence-electron chi connectivity index (χ1n) is 8.95.